The van der Waals surface area contributed by atoms with Crippen LogP contribution in [0.3, 0.4) is 0 Å². The van der Waals surface area contributed by atoms with E-state index in [4.69, 9.17) is 10.5 Å². The number of piperidine rings is 1. The number of likely N-dealkylation sites (tertiary alicyclic amines) is 1. The fourth-order valence-electron chi connectivity index (χ4n) is 3.46. The van der Waals surface area contributed by atoms with E-state index in [-0.39, 0.29) is 12.0 Å². The molecule has 0 aromatic carbocycles. The van der Waals surface area contributed by atoms with Gasteiger partial charge in [0.1, 0.15) is 0 Å². The summed E-state index contributed by atoms with van der Waals surface area (Å²) in [5.74, 6) is 1.24. The van der Waals surface area contributed by atoms with Gasteiger partial charge in [-0.3, -0.25) is 4.79 Å². The van der Waals surface area contributed by atoms with Crippen LogP contribution in [0.5, 0.6) is 0 Å². The average Bonchev–Trinajstić information content (AvgIpc) is 2.52. The summed E-state index contributed by atoms with van der Waals surface area (Å²) in [6.07, 6.45) is 7.78. The number of rotatable bonds is 5. The Morgan fingerprint density at radius 3 is 2.65 bits per heavy atom. The molecule has 1 unspecified atom stereocenters. The topological polar surface area (TPSA) is 55.6 Å². The van der Waals surface area contributed by atoms with Gasteiger partial charge >= 0.3 is 0 Å². The first-order chi connectivity index (χ1) is 9.74. The SMILES string of the molecule is CCCOC1CCCN(C(=O)C2CCC(CN)CC2)C1. The molecule has 1 atom stereocenters. The van der Waals surface area contributed by atoms with E-state index in [1.165, 1.54) is 0 Å². The molecule has 1 saturated heterocycles. The largest absolute Gasteiger partial charge is 0.376 e. The molecular formula is C16H30N2O2. The van der Waals surface area contributed by atoms with Gasteiger partial charge in [0.2, 0.25) is 5.91 Å². The smallest absolute Gasteiger partial charge is 0.225 e. The summed E-state index contributed by atoms with van der Waals surface area (Å²) in [7, 11) is 0. The van der Waals surface area contributed by atoms with Crippen molar-refractivity contribution in [1.82, 2.24) is 4.90 Å². The number of carbonyl (C=O) groups is 1. The zero-order chi connectivity index (χ0) is 14.4. The summed E-state index contributed by atoms with van der Waals surface area (Å²) < 4.78 is 5.82. The monoisotopic (exact) mass is 282 g/mol. The Bertz CT molecular complexity index is 301. The van der Waals surface area contributed by atoms with Crippen molar-refractivity contribution in [3.63, 3.8) is 0 Å². The molecule has 1 aliphatic heterocycles. The van der Waals surface area contributed by atoms with E-state index in [9.17, 15) is 4.79 Å². The van der Waals surface area contributed by atoms with Gasteiger partial charge in [-0.25, -0.2) is 0 Å². The first-order valence-electron chi connectivity index (χ1n) is 8.35. The van der Waals surface area contributed by atoms with Crippen molar-refractivity contribution < 1.29 is 9.53 Å². The number of hydrogen-bond donors (Lipinski definition) is 1. The van der Waals surface area contributed by atoms with E-state index in [0.29, 0.717) is 11.8 Å². The molecule has 20 heavy (non-hydrogen) atoms. The number of nitrogens with zero attached hydrogens (tertiary/aromatic N) is 1. The first kappa shape index (κ1) is 15.8. The maximum Gasteiger partial charge on any atom is 0.225 e. The number of amides is 1. The van der Waals surface area contributed by atoms with Gasteiger partial charge in [-0.15, -0.1) is 0 Å². The third-order valence-electron chi connectivity index (χ3n) is 4.78. The average molecular weight is 282 g/mol. The van der Waals surface area contributed by atoms with Crippen LogP contribution in [0.4, 0.5) is 0 Å². The molecule has 2 fully saturated rings. The molecule has 4 nitrogen and oxygen atoms in total. The summed E-state index contributed by atoms with van der Waals surface area (Å²) in [5, 5.41) is 0. The maximum absolute atomic E-state index is 12.6. The molecule has 2 N–H and O–H groups in total. The van der Waals surface area contributed by atoms with Crippen LogP contribution in [0, 0.1) is 11.8 Å². The van der Waals surface area contributed by atoms with Gasteiger partial charge in [-0.05, 0) is 57.4 Å². The van der Waals surface area contributed by atoms with Crippen molar-refractivity contribution in [1.29, 1.82) is 0 Å². The quantitative estimate of drug-likeness (QED) is 0.841. The Hall–Kier alpha value is -0.610. The second-order valence-corrected chi connectivity index (χ2v) is 6.37. The highest BCUT2D eigenvalue weighted by Gasteiger charge is 2.31. The van der Waals surface area contributed by atoms with E-state index in [0.717, 1.165) is 71.2 Å². The minimum atomic E-state index is 0.239. The van der Waals surface area contributed by atoms with E-state index < -0.39 is 0 Å². The number of ether oxygens (including phenoxy) is 1. The van der Waals surface area contributed by atoms with Crippen molar-refractivity contribution in [2.45, 2.75) is 58.0 Å². The van der Waals surface area contributed by atoms with Crippen molar-refractivity contribution in [2.24, 2.45) is 17.6 Å². The van der Waals surface area contributed by atoms with E-state index in [1.54, 1.807) is 0 Å². The molecule has 116 valence electrons. The summed E-state index contributed by atoms with van der Waals surface area (Å²) in [6, 6.07) is 0. The van der Waals surface area contributed by atoms with Crippen molar-refractivity contribution in [2.75, 3.05) is 26.2 Å². The molecular weight excluding hydrogens is 252 g/mol. The highest BCUT2D eigenvalue weighted by atomic mass is 16.5. The van der Waals surface area contributed by atoms with Crippen LogP contribution in [0.2, 0.25) is 0 Å². The van der Waals surface area contributed by atoms with Gasteiger partial charge in [0.15, 0.2) is 0 Å². The standard InChI is InChI=1S/C16H30N2O2/c1-2-10-20-15-4-3-9-18(12-15)16(19)14-7-5-13(11-17)6-8-14/h13-15H,2-12,17H2,1H3. The normalized spacial score (nSPS) is 31.3. The second-order valence-electron chi connectivity index (χ2n) is 6.37. The van der Waals surface area contributed by atoms with Crippen LogP contribution in [0.25, 0.3) is 0 Å². The Balaban J connectivity index is 1.79. The van der Waals surface area contributed by atoms with Crippen LogP contribution < -0.4 is 5.73 Å². The zero-order valence-corrected chi connectivity index (χ0v) is 12.9. The molecule has 0 bridgehead atoms. The van der Waals surface area contributed by atoms with Gasteiger partial charge in [-0.2, -0.15) is 0 Å². The van der Waals surface area contributed by atoms with Gasteiger partial charge in [0.05, 0.1) is 6.10 Å². The van der Waals surface area contributed by atoms with E-state index in [2.05, 4.69) is 11.8 Å². The molecule has 1 aliphatic carbocycles. The van der Waals surface area contributed by atoms with Crippen LogP contribution >= 0.6 is 0 Å². The predicted molar refractivity (Wildman–Crippen MR) is 80.3 cm³/mol. The van der Waals surface area contributed by atoms with Crippen molar-refractivity contribution in [3.8, 4) is 0 Å². The van der Waals surface area contributed by atoms with Crippen LogP contribution in [-0.2, 0) is 9.53 Å². The Kier molecular flexibility index (Phi) is 6.30. The highest BCUT2D eigenvalue weighted by molar-refractivity contribution is 5.79. The second kappa shape index (κ2) is 7.99. The lowest BCUT2D eigenvalue weighted by molar-refractivity contribution is -0.141. The molecule has 0 aromatic heterocycles. The Morgan fingerprint density at radius 2 is 2.00 bits per heavy atom. The van der Waals surface area contributed by atoms with E-state index in [1.807, 2.05) is 0 Å². The molecule has 0 radical (unpaired) electrons. The molecule has 4 heteroatoms. The summed E-state index contributed by atoms with van der Waals surface area (Å²) in [5.41, 5.74) is 5.72. The van der Waals surface area contributed by atoms with Crippen LogP contribution in [-0.4, -0.2) is 43.2 Å². The van der Waals surface area contributed by atoms with E-state index >= 15 is 0 Å². The minimum Gasteiger partial charge on any atom is -0.376 e. The first-order valence-corrected chi connectivity index (χ1v) is 8.35. The molecule has 0 aromatic rings. The minimum absolute atomic E-state index is 0.239. The lowest BCUT2D eigenvalue weighted by Crippen LogP contribution is -2.46. The lowest BCUT2D eigenvalue weighted by atomic mass is 9.81. The summed E-state index contributed by atoms with van der Waals surface area (Å²) in [6.45, 7) is 5.44. The fourth-order valence-corrected chi connectivity index (χ4v) is 3.46. The van der Waals surface area contributed by atoms with Gasteiger partial charge in [-0.1, -0.05) is 6.92 Å². The summed E-state index contributed by atoms with van der Waals surface area (Å²) in [4.78, 5) is 14.7. The maximum atomic E-state index is 12.6. The third-order valence-corrected chi connectivity index (χ3v) is 4.78. The van der Waals surface area contributed by atoms with Gasteiger partial charge in [0.25, 0.3) is 0 Å². The number of hydrogen-bond acceptors (Lipinski definition) is 3. The molecule has 2 rings (SSSR count). The highest BCUT2D eigenvalue weighted by Crippen LogP contribution is 2.30. The zero-order valence-electron chi connectivity index (χ0n) is 12.9. The van der Waals surface area contributed by atoms with Crippen LogP contribution in [0.1, 0.15) is 51.9 Å². The summed E-state index contributed by atoms with van der Waals surface area (Å²) >= 11 is 0. The molecule has 1 amide bonds. The number of nitrogens with two attached hydrogens (primary N) is 1. The third kappa shape index (κ3) is 4.19. The van der Waals surface area contributed by atoms with Crippen molar-refractivity contribution in [3.05, 3.63) is 0 Å². The molecule has 2 aliphatic rings. The predicted octanol–water partition coefficient (Wildman–Crippen LogP) is 2.17. The van der Waals surface area contributed by atoms with Crippen LogP contribution in [0.15, 0.2) is 0 Å². The van der Waals surface area contributed by atoms with Crippen molar-refractivity contribution >= 4 is 5.91 Å². The lowest BCUT2D eigenvalue weighted by Gasteiger charge is -2.36. The van der Waals surface area contributed by atoms with Gasteiger partial charge < -0.3 is 15.4 Å². The Morgan fingerprint density at radius 1 is 1.25 bits per heavy atom. The Labute approximate surface area is 123 Å². The molecule has 0 spiro atoms. The number of carbonyl (C=O) groups excluding carboxylic acids is 1. The van der Waals surface area contributed by atoms with Gasteiger partial charge in [0, 0.05) is 25.6 Å². The molecule has 1 heterocycles. The fraction of sp³-hybridized carbons (Fsp3) is 0.938. The molecule has 1 saturated carbocycles.